The second kappa shape index (κ2) is 9.92. The zero-order chi connectivity index (χ0) is 21.7. The first kappa shape index (κ1) is 22.7. The van der Waals surface area contributed by atoms with Crippen molar-refractivity contribution in [3.05, 3.63) is 64.7 Å². The summed E-state index contributed by atoms with van der Waals surface area (Å²) in [5.41, 5.74) is 2.28. The molecule has 0 atom stereocenters. The van der Waals surface area contributed by atoms with Gasteiger partial charge in [0, 0.05) is 37.1 Å². The van der Waals surface area contributed by atoms with Crippen LogP contribution >= 0.6 is 11.6 Å². The van der Waals surface area contributed by atoms with Crippen LogP contribution < -0.4 is 5.32 Å². The van der Waals surface area contributed by atoms with Gasteiger partial charge in [-0.3, -0.25) is 4.79 Å². The largest absolute Gasteiger partial charge is 0.352 e. The molecule has 3 rings (SSSR count). The van der Waals surface area contributed by atoms with Gasteiger partial charge in [-0.1, -0.05) is 35.9 Å². The number of carbonyl (C=O) groups excluding carboxylic acids is 1. The Morgan fingerprint density at radius 3 is 2.17 bits per heavy atom. The maximum atomic E-state index is 12.8. The van der Waals surface area contributed by atoms with Gasteiger partial charge in [0.1, 0.15) is 0 Å². The second-order valence-corrected chi connectivity index (χ2v) is 10.3. The molecule has 0 aliphatic carbocycles. The third kappa shape index (κ3) is 5.82. The molecular formula is C22H28ClN3O3S. The summed E-state index contributed by atoms with van der Waals surface area (Å²) in [5, 5.41) is 3.49. The molecule has 1 N–H and O–H groups in total. The monoisotopic (exact) mass is 449 g/mol. The second-order valence-electron chi connectivity index (χ2n) is 7.90. The van der Waals surface area contributed by atoms with Crippen molar-refractivity contribution in [3.8, 4) is 0 Å². The molecule has 162 valence electrons. The van der Waals surface area contributed by atoms with Gasteiger partial charge in [-0.25, -0.2) is 8.42 Å². The van der Waals surface area contributed by atoms with Gasteiger partial charge in [0.2, 0.25) is 15.9 Å². The Hall–Kier alpha value is -1.93. The highest BCUT2D eigenvalue weighted by atomic mass is 35.5. The average molecular weight is 450 g/mol. The molecule has 1 amide bonds. The molecule has 8 heteroatoms. The molecule has 1 saturated heterocycles. The lowest BCUT2D eigenvalue weighted by atomic mass is 9.97. The van der Waals surface area contributed by atoms with Crippen LogP contribution in [0.2, 0.25) is 5.02 Å². The SMILES string of the molecule is CN(C)Cc1ccc(CNC(=O)C2CCN(S(=O)(=O)c3ccc(Cl)cc3)CC2)cc1. The van der Waals surface area contributed by atoms with E-state index in [-0.39, 0.29) is 16.7 Å². The average Bonchev–Trinajstić information content (AvgIpc) is 2.73. The molecule has 6 nitrogen and oxygen atoms in total. The van der Waals surface area contributed by atoms with E-state index in [9.17, 15) is 13.2 Å². The summed E-state index contributed by atoms with van der Waals surface area (Å²) in [6, 6.07) is 14.4. The number of rotatable bonds is 7. The lowest BCUT2D eigenvalue weighted by molar-refractivity contribution is -0.126. The number of hydrogen-bond donors (Lipinski definition) is 1. The van der Waals surface area contributed by atoms with Gasteiger partial charge in [-0.15, -0.1) is 0 Å². The van der Waals surface area contributed by atoms with Gasteiger partial charge in [-0.05, 0) is 62.3 Å². The molecular weight excluding hydrogens is 422 g/mol. The van der Waals surface area contributed by atoms with E-state index in [2.05, 4.69) is 22.3 Å². The Kier molecular flexibility index (Phi) is 7.52. The Morgan fingerprint density at radius 2 is 1.60 bits per heavy atom. The molecule has 0 bridgehead atoms. The summed E-state index contributed by atoms with van der Waals surface area (Å²) in [7, 11) is 0.499. The highest BCUT2D eigenvalue weighted by molar-refractivity contribution is 7.89. The smallest absolute Gasteiger partial charge is 0.243 e. The van der Waals surface area contributed by atoms with Crippen LogP contribution in [0.3, 0.4) is 0 Å². The van der Waals surface area contributed by atoms with E-state index in [0.717, 1.165) is 12.1 Å². The van der Waals surface area contributed by atoms with Gasteiger partial charge in [0.15, 0.2) is 0 Å². The number of nitrogens with one attached hydrogen (secondary N) is 1. The van der Waals surface area contributed by atoms with Crippen molar-refractivity contribution in [2.45, 2.75) is 30.8 Å². The molecule has 2 aromatic carbocycles. The van der Waals surface area contributed by atoms with Crippen LogP contribution in [0.15, 0.2) is 53.4 Å². The Bertz CT molecular complexity index is 952. The molecule has 1 fully saturated rings. The molecule has 1 heterocycles. The zero-order valence-electron chi connectivity index (χ0n) is 17.3. The van der Waals surface area contributed by atoms with Crippen molar-refractivity contribution in [2.24, 2.45) is 5.92 Å². The normalized spacial score (nSPS) is 16.0. The molecule has 30 heavy (non-hydrogen) atoms. The van der Waals surface area contributed by atoms with Crippen LogP contribution in [0.1, 0.15) is 24.0 Å². The van der Waals surface area contributed by atoms with Crippen molar-refractivity contribution < 1.29 is 13.2 Å². The first-order valence-corrected chi connectivity index (χ1v) is 11.8. The molecule has 0 unspecified atom stereocenters. The summed E-state index contributed by atoms with van der Waals surface area (Å²) in [6.45, 7) is 2.03. The minimum absolute atomic E-state index is 0.0177. The lowest BCUT2D eigenvalue weighted by Gasteiger charge is -2.30. The number of carbonyl (C=O) groups is 1. The van der Waals surface area contributed by atoms with Gasteiger partial charge < -0.3 is 10.2 Å². The van der Waals surface area contributed by atoms with Crippen LogP contribution in [0, 0.1) is 5.92 Å². The minimum atomic E-state index is -3.56. The maximum Gasteiger partial charge on any atom is 0.243 e. The van der Waals surface area contributed by atoms with Crippen LogP contribution in [0.25, 0.3) is 0 Å². The maximum absolute atomic E-state index is 12.8. The van der Waals surface area contributed by atoms with E-state index in [4.69, 9.17) is 11.6 Å². The summed E-state index contributed by atoms with van der Waals surface area (Å²) >= 11 is 5.85. The van der Waals surface area contributed by atoms with Gasteiger partial charge in [-0.2, -0.15) is 4.31 Å². The Labute approximate surface area is 183 Å². The molecule has 0 aromatic heterocycles. The Balaban J connectivity index is 1.50. The van der Waals surface area contributed by atoms with Gasteiger partial charge >= 0.3 is 0 Å². The third-order valence-electron chi connectivity index (χ3n) is 5.26. The fourth-order valence-electron chi connectivity index (χ4n) is 3.58. The zero-order valence-corrected chi connectivity index (χ0v) is 18.9. The number of benzene rings is 2. The van der Waals surface area contributed by atoms with Crippen molar-refractivity contribution in [2.75, 3.05) is 27.2 Å². The lowest BCUT2D eigenvalue weighted by Crippen LogP contribution is -2.42. The summed E-state index contributed by atoms with van der Waals surface area (Å²) < 4.78 is 27.0. The number of amides is 1. The first-order valence-electron chi connectivity index (χ1n) is 10.0. The Morgan fingerprint density at radius 1 is 1.03 bits per heavy atom. The number of hydrogen-bond acceptors (Lipinski definition) is 4. The van der Waals surface area contributed by atoms with Crippen molar-refractivity contribution in [1.29, 1.82) is 0 Å². The fourth-order valence-corrected chi connectivity index (χ4v) is 5.17. The molecule has 0 radical (unpaired) electrons. The minimum Gasteiger partial charge on any atom is -0.352 e. The number of nitrogens with zero attached hydrogens (tertiary/aromatic N) is 2. The van der Waals surface area contributed by atoms with E-state index in [1.807, 2.05) is 26.2 Å². The van der Waals surface area contributed by atoms with E-state index in [1.54, 1.807) is 12.1 Å². The highest BCUT2D eigenvalue weighted by Crippen LogP contribution is 2.25. The molecule has 1 aliphatic rings. The fraction of sp³-hybridized carbons (Fsp3) is 0.409. The van der Waals surface area contributed by atoms with Gasteiger partial charge in [0.05, 0.1) is 4.90 Å². The molecule has 0 saturated carbocycles. The van der Waals surface area contributed by atoms with E-state index in [0.29, 0.717) is 37.5 Å². The molecule has 1 aliphatic heterocycles. The third-order valence-corrected chi connectivity index (χ3v) is 7.43. The number of sulfonamides is 1. The van der Waals surface area contributed by atoms with Crippen molar-refractivity contribution in [3.63, 3.8) is 0 Å². The highest BCUT2D eigenvalue weighted by Gasteiger charge is 2.31. The quantitative estimate of drug-likeness (QED) is 0.705. The van der Waals surface area contributed by atoms with Crippen molar-refractivity contribution in [1.82, 2.24) is 14.5 Å². The van der Waals surface area contributed by atoms with Crippen LogP contribution in [-0.4, -0.2) is 50.7 Å². The van der Waals surface area contributed by atoms with Gasteiger partial charge in [0.25, 0.3) is 0 Å². The van der Waals surface area contributed by atoms with Crippen LogP contribution in [-0.2, 0) is 27.9 Å². The van der Waals surface area contributed by atoms with Crippen LogP contribution in [0.5, 0.6) is 0 Å². The van der Waals surface area contributed by atoms with E-state index in [1.165, 1.54) is 22.0 Å². The molecule has 2 aromatic rings. The number of piperidine rings is 1. The molecule has 0 spiro atoms. The number of halogens is 1. The predicted octanol–water partition coefficient (Wildman–Crippen LogP) is 3.12. The standard InChI is InChI=1S/C22H28ClN3O3S/c1-25(2)16-18-5-3-17(4-6-18)15-24-22(27)19-11-13-26(14-12-19)30(28,29)21-9-7-20(23)8-10-21/h3-10,19H,11-16H2,1-2H3,(H,24,27). The summed E-state index contributed by atoms with van der Waals surface area (Å²) in [4.78, 5) is 14.9. The van der Waals surface area contributed by atoms with Crippen molar-refractivity contribution >= 4 is 27.5 Å². The summed E-state index contributed by atoms with van der Waals surface area (Å²) in [6.07, 6.45) is 1.03. The van der Waals surface area contributed by atoms with E-state index < -0.39 is 10.0 Å². The summed E-state index contributed by atoms with van der Waals surface area (Å²) in [5.74, 6) is -0.189. The van der Waals surface area contributed by atoms with Crippen LogP contribution in [0.4, 0.5) is 0 Å². The predicted molar refractivity (Wildman–Crippen MR) is 119 cm³/mol. The first-order chi connectivity index (χ1) is 14.3. The van der Waals surface area contributed by atoms with E-state index >= 15 is 0 Å². The topological polar surface area (TPSA) is 69.7 Å².